The van der Waals surface area contributed by atoms with Crippen LogP contribution in [0.1, 0.15) is 5.56 Å². The van der Waals surface area contributed by atoms with E-state index in [4.69, 9.17) is 10.5 Å². The smallest absolute Gasteiger partial charge is 0.231 e. The normalized spacial score (nSPS) is 11.0. The number of ether oxygens (including phenoxy) is 1. The van der Waals surface area contributed by atoms with E-state index in [1.807, 2.05) is 19.2 Å². The van der Waals surface area contributed by atoms with Crippen molar-refractivity contribution in [2.45, 2.75) is 12.1 Å². The number of fused-ring (bicyclic) bond motifs is 1. The Balaban J connectivity index is 1.85. The zero-order valence-electron chi connectivity index (χ0n) is 15.2. The molecule has 0 bridgehead atoms. The van der Waals surface area contributed by atoms with Crippen LogP contribution in [-0.4, -0.2) is 26.2 Å². The fraction of sp³-hybridized carbons (Fsp3) is 0.100. The third kappa shape index (κ3) is 3.22. The van der Waals surface area contributed by atoms with Gasteiger partial charge in [-0.1, -0.05) is 23.9 Å². The first-order valence-electron chi connectivity index (χ1n) is 8.41. The van der Waals surface area contributed by atoms with Gasteiger partial charge in [-0.25, -0.2) is 24.3 Å². The molecule has 28 heavy (non-hydrogen) atoms. The highest BCUT2D eigenvalue weighted by Crippen LogP contribution is 2.38. The number of halogens is 1. The van der Waals surface area contributed by atoms with E-state index in [9.17, 15) is 4.39 Å². The van der Waals surface area contributed by atoms with Crippen LogP contribution in [0.25, 0.3) is 22.0 Å². The van der Waals surface area contributed by atoms with Gasteiger partial charge in [0, 0.05) is 23.2 Å². The molecule has 4 aromatic rings. The monoisotopic (exact) mass is 393 g/mol. The van der Waals surface area contributed by atoms with Gasteiger partial charge in [-0.3, -0.25) is 0 Å². The molecule has 0 atom stereocenters. The first-order chi connectivity index (χ1) is 13.6. The Bertz CT molecular complexity index is 1180. The van der Waals surface area contributed by atoms with E-state index in [0.29, 0.717) is 38.8 Å². The van der Waals surface area contributed by atoms with Crippen molar-refractivity contribution in [1.82, 2.24) is 19.9 Å². The molecule has 0 saturated heterocycles. The van der Waals surface area contributed by atoms with Crippen LogP contribution < -0.4 is 10.5 Å². The Kier molecular flexibility index (Phi) is 4.79. The van der Waals surface area contributed by atoms with Gasteiger partial charge in [-0.05, 0) is 36.9 Å². The van der Waals surface area contributed by atoms with Crippen molar-refractivity contribution in [2.24, 2.45) is 0 Å². The maximum atomic E-state index is 13.9. The molecular weight excluding hydrogens is 377 g/mol. The van der Waals surface area contributed by atoms with Gasteiger partial charge in [0.05, 0.1) is 16.9 Å². The van der Waals surface area contributed by atoms with Crippen LogP contribution in [0, 0.1) is 12.7 Å². The molecule has 0 amide bonds. The van der Waals surface area contributed by atoms with Crippen LogP contribution in [0.2, 0.25) is 0 Å². The number of hydrogen-bond acceptors (Lipinski definition) is 7. The van der Waals surface area contributed by atoms with Gasteiger partial charge in [0.15, 0.2) is 5.16 Å². The summed E-state index contributed by atoms with van der Waals surface area (Å²) >= 11 is 1.44. The first-order valence-corrected chi connectivity index (χ1v) is 9.63. The van der Waals surface area contributed by atoms with E-state index in [2.05, 4.69) is 19.9 Å². The lowest BCUT2D eigenvalue weighted by molar-refractivity contribution is 0.465. The summed E-state index contributed by atoms with van der Waals surface area (Å²) in [5.74, 6) is 0.443. The molecule has 0 radical (unpaired) electrons. The molecule has 0 spiro atoms. The predicted octanol–water partition coefficient (Wildman–Crippen LogP) is 4.63. The van der Waals surface area contributed by atoms with Gasteiger partial charge in [0.2, 0.25) is 5.88 Å². The summed E-state index contributed by atoms with van der Waals surface area (Å²) in [5.41, 5.74) is 8.15. The summed E-state index contributed by atoms with van der Waals surface area (Å²) in [6.07, 6.45) is 6.63. The average Bonchev–Trinajstić information content (AvgIpc) is 2.73. The second-order valence-corrected chi connectivity index (χ2v) is 6.81. The number of aromatic nitrogens is 4. The molecule has 0 saturated carbocycles. The molecule has 2 aromatic heterocycles. The zero-order chi connectivity index (χ0) is 19.7. The SMILES string of the molecule is CSc1nccc(-c2cncnc2Oc2c(C)ccc3c(N)c(F)ccc23)n1. The lowest BCUT2D eigenvalue weighted by atomic mass is 10.0. The molecule has 0 aliphatic carbocycles. The van der Waals surface area contributed by atoms with Gasteiger partial charge < -0.3 is 10.5 Å². The van der Waals surface area contributed by atoms with Crippen molar-refractivity contribution < 1.29 is 9.13 Å². The van der Waals surface area contributed by atoms with Crippen molar-refractivity contribution in [1.29, 1.82) is 0 Å². The molecule has 0 aliphatic heterocycles. The minimum Gasteiger partial charge on any atom is -0.437 e. The molecule has 2 N–H and O–H groups in total. The zero-order valence-corrected chi connectivity index (χ0v) is 16.0. The van der Waals surface area contributed by atoms with E-state index < -0.39 is 5.82 Å². The molecule has 0 aliphatic rings. The Hall–Kier alpha value is -3.26. The van der Waals surface area contributed by atoms with E-state index >= 15 is 0 Å². The topological polar surface area (TPSA) is 86.8 Å². The van der Waals surface area contributed by atoms with Gasteiger partial charge in [0.25, 0.3) is 0 Å². The quantitative estimate of drug-likeness (QED) is 0.307. The van der Waals surface area contributed by atoms with Crippen LogP contribution in [0.4, 0.5) is 10.1 Å². The summed E-state index contributed by atoms with van der Waals surface area (Å²) in [6.45, 7) is 1.91. The fourth-order valence-corrected chi connectivity index (χ4v) is 3.24. The average molecular weight is 393 g/mol. The summed E-state index contributed by atoms with van der Waals surface area (Å²) in [6, 6.07) is 8.38. The number of rotatable bonds is 4. The Morgan fingerprint density at radius 2 is 1.89 bits per heavy atom. The molecular formula is C20H16FN5OS. The lowest BCUT2D eigenvalue weighted by Gasteiger charge is -2.14. The number of nitrogen functional groups attached to an aromatic ring is 1. The molecule has 6 nitrogen and oxygen atoms in total. The lowest BCUT2D eigenvalue weighted by Crippen LogP contribution is -1.99. The predicted molar refractivity (Wildman–Crippen MR) is 108 cm³/mol. The summed E-state index contributed by atoms with van der Waals surface area (Å²) in [7, 11) is 0. The molecule has 2 heterocycles. The van der Waals surface area contributed by atoms with Crippen molar-refractivity contribution in [2.75, 3.05) is 12.0 Å². The first kappa shape index (κ1) is 18.1. The highest BCUT2D eigenvalue weighted by atomic mass is 32.2. The van der Waals surface area contributed by atoms with Crippen molar-refractivity contribution in [3.05, 3.63) is 60.4 Å². The van der Waals surface area contributed by atoms with Crippen LogP contribution in [0.3, 0.4) is 0 Å². The minimum absolute atomic E-state index is 0.0886. The molecule has 8 heteroatoms. The Morgan fingerprint density at radius 3 is 2.71 bits per heavy atom. The summed E-state index contributed by atoms with van der Waals surface area (Å²) < 4.78 is 20.0. The van der Waals surface area contributed by atoms with Crippen LogP contribution in [0.5, 0.6) is 11.6 Å². The molecule has 140 valence electrons. The fourth-order valence-electron chi connectivity index (χ4n) is 2.88. The van der Waals surface area contributed by atoms with Crippen LogP contribution in [-0.2, 0) is 0 Å². The molecule has 0 unspecified atom stereocenters. The van der Waals surface area contributed by atoms with E-state index in [-0.39, 0.29) is 5.69 Å². The van der Waals surface area contributed by atoms with Crippen molar-refractivity contribution in [3.8, 4) is 22.9 Å². The Labute approximate surface area is 165 Å². The van der Waals surface area contributed by atoms with Crippen molar-refractivity contribution >= 4 is 28.2 Å². The second kappa shape index (κ2) is 7.40. The van der Waals surface area contributed by atoms with E-state index in [1.165, 1.54) is 24.2 Å². The van der Waals surface area contributed by atoms with Crippen molar-refractivity contribution in [3.63, 3.8) is 0 Å². The number of hydrogen-bond donors (Lipinski definition) is 1. The van der Waals surface area contributed by atoms with Crippen LogP contribution in [0.15, 0.2) is 54.2 Å². The number of nitrogens with two attached hydrogens (primary N) is 1. The van der Waals surface area contributed by atoms with Gasteiger partial charge in [-0.15, -0.1) is 0 Å². The van der Waals surface area contributed by atoms with Gasteiger partial charge in [-0.2, -0.15) is 0 Å². The number of benzene rings is 2. The largest absolute Gasteiger partial charge is 0.437 e. The van der Waals surface area contributed by atoms with Gasteiger partial charge in [0.1, 0.15) is 17.9 Å². The second-order valence-electron chi connectivity index (χ2n) is 6.04. The third-order valence-corrected chi connectivity index (χ3v) is 4.87. The Morgan fingerprint density at radius 1 is 1.07 bits per heavy atom. The molecule has 2 aromatic carbocycles. The standard InChI is InChI=1S/C20H16FN5OS/c1-11-3-4-12-13(5-6-15(21)17(12)22)18(11)27-19-14(9-23-10-25-19)16-7-8-24-20(26-16)28-2/h3-10H,22H2,1-2H3. The maximum absolute atomic E-state index is 13.9. The van der Waals surface area contributed by atoms with Crippen LogP contribution >= 0.6 is 11.8 Å². The van der Waals surface area contributed by atoms with E-state index in [1.54, 1.807) is 30.6 Å². The van der Waals surface area contributed by atoms with Gasteiger partial charge >= 0.3 is 0 Å². The minimum atomic E-state index is -0.462. The molecule has 0 fully saturated rings. The summed E-state index contributed by atoms with van der Waals surface area (Å²) in [5, 5.41) is 1.93. The maximum Gasteiger partial charge on any atom is 0.231 e. The highest BCUT2D eigenvalue weighted by molar-refractivity contribution is 7.98. The number of thioether (sulfide) groups is 1. The molecule has 4 rings (SSSR count). The highest BCUT2D eigenvalue weighted by Gasteiger charge is 2.16. The van der Waals surface area contributed by atoms with E-state index in [0.717, 1.165) is 5.56 Å². The number of aryl methyl sites for hydroxylation is 1. The third-order valence-electron chi connectivity index (χ3n) is 4.30. The summed E-state index contributed by atoms with van der Waals surface area (Å²) in [4.78, 5) is 17.1. The number of anilines is 1. The number of nitrogens with zero attached hydrogens (tertiary/aromatic N) is 4.